The highest BCUT2D eigenvalue weighted by Crippen LogP contribution is 2.45. The highest BCUT2D eigenvalue weighted by Gasteiger charge is 2.34. The van der Waals surface area contributed by atoms with Crippen molar-refractivity contribution >= 4 is 39.1 Å². The van der Waals surface area contributed by atoms with E-state index in [4.69, 9.17) is 9.72 Å². The number of carbonyl (C=O) groups excluding carboxylic acids is 2. The van der Waals surface area contributed by atoms with Crippen LogP contribution in [0.5, 0.6) is 0 Å². The lowest BCUT2D eigenvalue weighted by Gasteiger charge is -2.36. The molecule has 0 saturated heterocycles. The van der Waals surface area contributed by atoms with Gasteiger partial charge in [-0.2, -0.15) is 5.26 Å². The maximum Gasteiger partial charge on any atom is 0.339 e. The Hall–Kier alpha value is -3.24. The summed E-state index contributed by atoms with van der Waals surface area (Å²) in [7, 11) is 0. The van der Waals surface area contributed by atoms with E-state index in [1.807, 2.05) is 24.3 Å². The van der Waals surface area contributed by atoms with Crippen molar-refractivity contribution in [2.45, 2.75) is 72.1 Å². The predicted molar refractivity (Wildman–Crippen MR) is 146 cm³/mol. The van der Waals surface area contributed by atoms with Gasteiger partial charge in [0.05, 0.1) is 16.6 Å². The molecule has 5 rings (SSSR count). The molecule has 1 atom stereocenters. The molecule has 0 fully saturated rings. The quantitative estimate of drug-likeness (QED) is 0.384. The largest absolute Gasteiger partial charge is 0.452 e. The molecule has 1 amide bonds. The van der Waals surface area contributed by atoms with Crippen LogP contribution in [0.1, 0.15) is 84.1 Å². The van der Waals surface area contributed by atoms with Crippen molar-refractivity contribution in [2.75, 3.05) is 11.9 Å². The fraction of sp³-hybridized carbons (Fsp3) is 0.467. The molecular weight excluding hydrogens is 482 g/mol. The van der Waals surface area contributed by atoms with Crippen LogP contribution in [0.2, 0.25) is 0 Å². The second-order valence-electron chi connectivity index (χ2n) is 10.9. The number of pyridine rings is 1. The zero-order valence-electron chi connectivity index (χ0n) is 21.8. The summed E-state index contributed by atoms with van der Waals surface area (Å²) in [4.78, 5) is 32.1. The number of nitrogens with zero attached hydrogens (tertiary/aromatic N) is 2. The molecule has 1 aromatic carbocycles. The molecule has 7 heteroatoms. The van der Waals surface area contributed by atoms with E-state index in [1.165, 1.54) is 16.2 Å². The van der Waals surface area contributed by atoms with E-state index in [0.717, 1.165) is 79.1 Å². The number of nitrogens with one attached hydrogen (secondary N) is 1. The number of amides is 1. The normalized spacial score (nSPS) is 17.0. The third-order valence-corrected chi connectivity index (χ3v) is 9.52. The van der Waals surface area contributed by atoms with Gasteiger partial charge in [0.15, 0.2) is 6.61 Å². The molecule has 2 aliphatic carbocycles. The summed E-state index contributed by atoms with van der Waals surface area (Å²) in [6.45, 7) is 6.44. The lowest BCUT2D eigenvalue weighted by molar-refractivity contribution is -0.119. The predicted octanol–water partition coefficient (Wildman–Crippen LogP) is 6.38. The summed E-state index contributed by atoms with van der Waals surface area (Å²) in [5, 5.41) is 14.0. The van der Waals surface area contributed by atoms with E-state index < -0.39 is 18.5 Å². The number of anilines is 1. The number of nitriles is 1. The number of thiophene rings is 1. The average molecular weight is 516 g/mol. The molecule has 0 bridgehead atoms. The summed E-state index contributed by atoms with van der Waals surface area (Å²) in [6, 6.07) is 9.89. The van der Waals surface area contributed by atoms with Crippen molar-refractivity contribution in [1.82, 2.24) is 4.98 Å². The van der Waals surface area contributed by atoms with Crippen LogP contribution in [0.25, 0.3) is 10.9 Å². The minimum absolute atomic E-state index is 0.239. The number of para-hydroxylation sites is 1. The van der Waals surface area contributed by atoms with Crippen molar-refractivity contribution < 1.29 is 14.3 Å². The Kier molecular flexibility index (Phi) is 7.04. The maximum absolute atomic E-state index is 13.2. The lowest BCUT2D eigenvalue weighted by atomic mass is 9.69. The van der Waals surface area contributed by atoms with Gasteiger partial charge in [0, 0.05) is 16.0 Å². The van der Waals surface area contributed by atoms with Crippen LogP contribution in [0, 0.1) is 22.7 Å². The Labute approximate surface area is 222 Å². The van der Waals surface area contributed by atoms with Crippen LogP contribution in [-0.4, -0.2) is 23.5 Å². The third kappa shape index (κ3) is 4.87. The zero-order chi connectivity index (χ0) is 26.2. The summed E-state index contributed by atoms with van der Waals surface area (Å²) in [5.74, 6) is -0.371. The van der Waals surface area contributed by atoms with E-state index in [-0.39, 0.29) is 5.41 Å². The lowest BCUT2D eigenvalue weighted by Crippen LogP contribution is -2.28. The van der Waals surface area contributed by atoms with Crippen molar-refractivity contribution in [3.63, 3.8) is 0 Å². The molecule has 1 N–H and O–H groups in total. The van der Waals surface area contributed by atoms with Gasteiger partial charge in [-0.25, -0.2) is 4.79 Å². The first kappa shape index (κ1) is 25.4. The molecule has 2 heterocycles. The van der Waals surface area contributed by atoms with Gasteiger partial charge in [-0.05, 0) is 73.5 Å². The zero-order valence-corrected chi connectivity index (χ0v) is 22.6. The molecule has 37 heavy (non-hydrogen) atoms. The molecule has 2 aliphatic rings. The average Bonchev–Trinajstić information content (AvgIpc) is 3.26. The Balaban J connectivity index is 1.31. The first-order valence-electron chi connectivity index (χ1n) is 13.2. The minimum atomic E-state index is -0.498. The van der Waals surface area contributed by atoms with Crippen molar-refractivity contribution in [2.24, 2.45) is 11.3 Å². The van der Waals surface area contributed by atoms with E-state index in [2.05, 4.69) is 32.2 Å². The molecule has 2 aromatic heterocycles. The SMILES string of the molecule is CCC(C)(C)C1CCc2c(sc(NC(=O)COC(=O)c3c4c(nc5ccccc35)CCCC4)c2C#N)C1. The Morgan fingerprint density at radius 3 is 2.76 bits per heavy atom. The van der Waals surface area contributed by atoms with Crippen molar-refractivity contribution in [3.05, 3.63) is 57.1 Å². The van der Waals surface area contributed by atoms with Gasteiger partial charge in [0.25, 0.3) is 5.91 Å². The Morgan fingerprint density at radius 2 is 1.97 bits per heavy atom. The number of hydrogen-bond acceptors (Lipinski definition) is 6. The minimum Gasteiger partial charge on any atom is -0.452 e. The van der Waals surface area contributed by atoms with Gasteiger partial charge in [0.1, 0.15) is 11.1 Å². The highest BCUT2D eigenvalue weighted by atomic mass is 32.1. The first-order valence-corrected chi connectivity index (χ1v) is 14.1. The second kappa shape index (κ2) is 10.3. The summed E-state index contributed by atoms with van der Waals surface area (Å²) in [6.07, 6.45) is 7.63. The van der Waals surface area contributed by atoms with Crippen LogP contribution >= 0.6 is 11.3 Å². The summed E-state index contributed by atoms with van der Waals surface area (Å²) < 4.78 is 5.53. The molecule has 3 aromatic rings. The Bertz CT molecular complexity index is 1420. The highest BCUT2D eigenvalue weighted by molar-refractivity contribution is 7.16. The molecule has 1 unspecified atom stereocenters. The van der Waals surface area contributed by atoms with Gasteiger partial charge in [0.2, 0.25) is 0 Å². The van der Waals surface area contributed by atoms with E-state index in [1.54, 1.807) is 0 Å². The van der Waals surface area contributed by atoms with E-state index in [0.29, 0.717) is 22.0 Å². The number of fused-ring (bicyclic) bond motifs is 3. The third-order valence-electron chi connectivity index (χ3n) is 8.35. The monoisotopic (exact) mass is 515 g/mol. The first-order chi connectivity index (χ1) is 17.8. The van der Waals surface area contributed by atoms with E-state index in [9.17, 15) is 14.9 Å². The van der Waals surface area contributed by atoms with Crippen molar-refractivity contribution in [3.8, 4) is 6.07 Å². The van der Waals surface area contributed by atoms with Crippen LogP contribution in [0.15, 0.2) is 24.3 Å². The van der Waals surface area contributed by atoms with E-state index >= 15 is 0 Å². The number of carbonyl (C=O) groups is 2. The number of esters is 1. The number of ether oxygens (including phenoxy) is 1. The fourth-order valence-corrected chi connectivity index (χ4v) is 7.01. The summed E-state index contributed by atoms with van der Waals surface area (Å²) >= 11 is 1.49. The molecule has 0 spiro atoms. The number of aromatic nitrogens is 1. The topological polar surface area (TPSA) is 92.1 Å². The van der Waals surface area contributed by atoms with Crippen molar-refractivity contribution in [1.29, 1.82) is 5.26 Å². The van der Waals surface area contributed by atoms with Crippen LogP contribution in [0.3, 0.4) is 0 Å². The van der Waals surface area contributed by atoms with Gasteiger partial charge in [-0.1, -0.05) is 45.4 Å². The van der Waals surface area contributed by atoms with Gasteiger partial charge in [-0.3, -0.25) is 9.78 Å². The molecule has 0 saturated carbocycles. The van der Waals surface area contributed by atoms with Crippen LogP contribution in [0.4, 0.5) is 5.00 Å². The van der Waals surface area contributed by atoms with Crippen LogP contribution < -0.4 is 5.32 Å². The smallest absolute Gasteiger partial charge is 0.339 e. The van der Waals surface area contributed by atoms with Crippen LogP contribution in [-0.2, 0) is 35.2 Å². The van der Waals surface area contributed by atoms with Gasteiger partial charge < -0.3 is 10.1 Å². The standard InChI is InChI=1S/C30H33N3O3S/c1-4-30(2,3)18-13-14-19-22(16-31)28(37-25(19)15-18)33-26(34)17-36-29(35)27-20-9-5-7-11-23(20)32-24-12-8-6-10-21(24)27/h5,7,9,11,18H,4,6,8,10,12-15,17H2,1-3H3,(H,33,34). The molecule has 0 radical (unpaired) electrons. The summed E-state index contributed by atoms with van der Waals surface area (Å²) in [5.41, 5.74) is 5.06. The number of benzene rings is 1. The molecule has 0 aliphatic heterocycles. The van der Waals surface area contributed by atoms with Gasteiger partial charge in [-0.15, -0.1) is 11.3 Å². The number of rotatable bonds is 6. The number of aryl methyl sites for hydroxylation is 1. The molecular formula is C30H33N3O3S. The second-order valence-corrected chi connectivity index (χ2v) is 12.0. The number of hydrogen-bond donors (Lipinski definition) is 1. The maximum atomic E-state index is 13.2. The fourth-order valence-electron chi connectivity index (χ4n) is 5.72. The molecule has 6 nitrogen and oxygen atoms in total. The molecule has 192 valence electrons. The Morgan fingerprint density at radius 1 is 1.19 bits per heavy atom. The van der Waals surface area contributed by atoms with Gasteiger partial charge >= 0.3 is 5.97 Å².